The largest absolute Gasteiger partial charge is 0.330 e. The molecule has 0 aromatic heterocycles. The molecule has 0 amide bonds. The van der Waals surface area contributed by atoms with Gasteiger partial charge in [0.15, 0.2) is 0 Å². The van der Waals surface area contributed by atoms with Crippen molar-refractivity contribution in [2.24, 2.45) is 22.5 Å². The smallest absolute Gasteiger partial charge is 0.00508 e. The molecule has 0 bridgehead atoms. The second-order valence-electron chi connectivity index (χ2n) is 5.88. The molecule has 0 heterocycles. The van der Waals surface area contributed by atoms with E-state index in [1.807, 2.05) is 0 Å². The van der Waals surface area contributed by atoms with E-state index < -0.39 is 0 Å². The van der Waals surface area contributed by atoms with E-state index in [1.165, 1.54) is 0 Å². The van der Waals surface area contributed by atoms with Gasteiger partial charge in [0.05, 0.1) is 0 Å². The van der Waals surface area contributed by atoms with Crippen LogP contribution in [0.15, 0.2) is 0 Å². The van der Waals surface area contributed by atoms with Gasteiger partial charge in [-0.1, -0.05) is 27.7 Å². The Morgan fingerprint density at radius 2 is 1.71 bits per heavy atom. The van der Waals surface area contributed by atoms with Crippen LogP contribution in [0.4, 0.5) is 0 Å². The Kier molecular flexibility index (Phi) is 3.27. The summed E-state index contributed by atoms with van der Waals surface area (Å²) in [7, 11) is 0. The first kappa shape index (κ1) is 12.0. The van der Waals surface area contributed by atoms with E-state index >= 15 is 0 Å². The number of hydrogen-bond acceptors (Lipinski definition) is 2. The second-order valence-corrected chi connectivity index (χ2v) is 5.88. The SMILES string of the molecule is CC(CCN)NCC1C(C)(C)C1(C)C. The van der Waals surface area contributed by atoms with Gasteiger partial charge >= 0.3 is 0 Å². The molecule has 1 saturated carbocycles. The van der Waals surface area contributed by atoms with Crippen LogP contribution in [0.2, 0.25) is 0 Å². The molecule has 0 radical (unpaired) electrons. The Hall–Kier alpha value is -0.0800. The minimum atomic E-state index is 0.502. The molecule has 1 aliphatic carbocycles. The van der Waals surface area contributed by atoms with Crippen molar-refractivity contribution < 1.29 is 0 Å². The maximum absolute atomic E-state index is 5.52. The lowest BCUT2D eigenvalue weighted by atomic mass is 10.0. The average molecular weight is 198 g/mol. The zero-order chi connectivity index (χ0) is 11.0. The number of nitrogens with two attached hydrogens (primary N) is 1. The van der Waals surface area contributed by atoms with Crippen molar-refractivity contribution in [1.29, 1.82) is 0 Å². The molecule has 1 atom stereocenters. The molecule has 1 aliphatic rings. The fourth-order valence-corrected chi connectivity index (χ4v) is 2.51. The molecule has 0 aromatic rings. The van der Waals surface area contributed by atoms with Crippen LogP contribution in [-0.4, -0.2) is 19.1 Å². The average Bonchev–Trinajstić information content (AvgIpc) is 2.41. The van der Waals surface area contributed by atoms with Crippen molar-refractivity contribution in [2.75, 3.05) is 13.1 Å². The van der Waals surface area contributed by atoms with Crippen molar-refractivity contribution in [3.8, 4) is 0 Å². The van der Waals surface area contributed by atoms with Crippen LogP contribution < -0.4 is 11.1 Å². The maximum atomic E-state index is 5.52. The van der Waals surface area contributed by atoms with Gasteiger partial charge in [0.25, 0.3) is 0 Å². The van der Waals surface area contributed by atoms with Gasteiger partial charge in [0.1, 0.15) is 0 Å². The van der Waals surface area contributed by atoms with E-state index in [2.05, 4.69) is 39.9 Å². The van der Waals surface area contributed by atoms with Gasteiger partial charge in [0, 0.05) is 6.04 Å². The van der Waals surface area contributed by atoms with Gasteiger partial charge in [-0.2, -0.15) is 0 Å². The molecule has 0 saturated heterocycles. The van der Waals surface area contributed by atoms with Crippen LogP contribution in [0.25, 0.3) is 0 Å². The molecule has 2 heteroatoms. The second kappa shape index (κ2) is 3.82. The summed E-state index contributed by atoms with van der Waals surface area (Å²) in [6, 6.07) is 0.562. The molecule has 14 heavy (non-hydrogen) atoms. The summed E-state index contributed by atoms with van der Waals surface area (Å²) in [6.07, 6.45) is 1.08. The molecular formula is C12H26N2. The molecule has 1 fully saturated rings. The van der Waals surface area contributed by atoms with Gasteiger partial charge in [-0.05, 0) is 43.2 Å². The van der Waals surface area contributed by atoms with Crippen LogP contribution in [0, 0.1) is 16.7 Å². The van der Waals surface area contributed by atoms with Crippen molar-refractivity contribution in [1.82, 2.24) is 5.32 Å². The van der Waals surface area contributed by atoms with Gasteiger partial charge in [-0.3, -0.25) is 0 Å². The lowest BCUT2D eigenvalue weighted by molar-refractivity contribution is 0.457. The third kappa shape index (κ3) is 1.96. The Morgan fingerprint density at radius 3 is 2.07 bits per heavy atom. The molecule has 1 unspecified atom stereocenters. The van der Waals surface area contributed by atoms with E-state index in [1.54, 1.807) is 0 Å². The number of hydrogen-bond donors (Lipinski definition) is 2. The minimum Gasteiger partial charge on any atom is -0.330 e. The highest BCUT2D eigenvalue weighted by molar-refractivity contribution is 5.12. The molecule has 2 nitrogen and oxygen atoms in total. The predicted octanol–water partition coefficient (Wildman–Crippen LogP) is 2.00. The van der Waals surface area contributed by atoms with Gasteiger partial charge in [-0.25, -0.2) is 0 Å². The molecule has 3 N–H and O–H groups in total. The Balaban J connectivity index is 2.28. The van der Waals surface area contributed by atoms with E-state index in [0.29, 0.717) is 16.9 Å². The fourth-order valence-electron chi connectivity index (χ4n) is 2.51. The Bertz CT molecular complexity index is 182. The number of rotatable bonds is 5. The molecule has 0 aromatic carbocycles. The third-order valence-electron chi connectivity index (χ3n) is 4.59. The first-order valence-corrected chi connectivity index (χ1v) is 5.77. The van der Waals surface area contributed by atoms with Gasteiger partial charge in [0.2, 0.25) is 0 Å². The predicted molar refractivity (Wildman–Crippen MR) is 62.2 cm³/mol. The van der Waals surface area contributed by atoms with E-state index in [9.17, 15) is 0 Å². The highest BCUT2D eigenvalue weighted by Gasteiger charge is 2.63. The monoisotopic (exact) mass is 198 g/mol. The molecule has 0 spiro atoms. The highest BCUT2D eigenvalue weighted by atomic mass is 14.9. The van der Waals surface area contributed by atoms with Crippen molar-refractivity contribution >= 4 is 0 Å². The normalized spacial score (nSPS) is 26.1. The first-order valence-electron chi connectivity index (χ1n) is 5.77. The summed E-state index contributed by atoms with van der Waals surface area (Å²) >= 11 is 0. The van der Waals surface area contributed by atoms with E-state index in [4.69, 9.17) is 5.73 Å². The maximum Gasteiger partial charge on any atom is 0.00508 e. The summed E-state index contributed by atoms with van der Waals surface area (Å²) in [5, 5.41) is 3.58. The first-order chi connectivity index (χ1) is 6.34. The van der Waals surface area contributed by atoms with Crippen LogP contribution in [0.5, 0.6) is 0 Å². The van der Waals surface area contributed by atoms with Crippen molar-refractivity contribution in [3.63, 3.8) is 0 Å². The van der Waals surface area contributed by atoms with Gasteiger partial charge < -0.3 is 11.1 Å². The Morgan fingerprint density at radius 1 is 1.21 bits per heavy atom. The topological polar surface area (TPSA) is 38.0 Å². The molecular weight excluding hydrogens is 172 g/mol. The zero-order valence-electron chi connectivity index (χ0n) is 10.4. The molecule has 1 rings (SSSR count). The minimum absolute atomic E-state index is 0.502. The van der Waals surface area contributed by atoms with E-state index in [-0.39, 0.29) is 0 Å². The van der Waals surface area contributed by atoms with Crippen molar-refractivity contribution in [2.45, 2.75) is 47.1 Å². The molecule has 84 valence electrons. The lowest BCUT2D eigenvalue weighted by Gasteiger charge is -2.13. The highest BCUT2D eigenvalue weighted by Crippen LogP contribution is 2.67. The zero-order valence-corrected chi connectivity index (χ0v) is 10.4. The van der Waals surface area contributed by atoms with Crippen LogP contribution in [0.3, 0.4) is 0 Å². The summed E-state index contributed by atoms with van der Waals surface area (Å²) in [5.74, 6) is 0.815. The summed E-state index contributed by atoms with van der Waals surface area (Å²) in [6.45, 7) is 13.6. The van der Waals surface area contributed by atoms with Gasteiger partial charge in [-0.15, -0.1) is 0 Å². The summed E-state index contributed by atoms with van der Waals surface area (Å²) < 4.78 is 0. The van der Waals surface area contributed by atoms with Crippen molar-refractivity contribution in [3.05, 3.63) is 0 Å². The third-order valence-corrected chi connectivity index (χ3v) is 4.59. The van der Waals surface area contributed by atoms with Crippen LogP contribution in [0.1, 0.15) is 41.0 Å². The fraction of sp³-hybridized carbons (Fsp3) is 1.00. The molecule has 0 aliphatic heterocycles. The van der Waals surface area contributed by atoms with Crippen LogP contribution in [-0.2, 0) is 0 Å². The standard InChI is InChI=1S/C12H26N2/c1-9(6-7-13)14-8-10-11(2,3)12(10,4)5/h9-10,14H,6-8,13H2,1-5H3. The summed E-state index contributed by atoms with van der Waals surface area (Å²) in [4.78, 5) is 0. The quantitative estimate of drug-likeness (QED) is 0.709. The van der Waals surface area contributed by atoms with E-state index in [0.717, 1.165) is 25.4 Å². The number of nitrogens with one attached hydrogen (secondary N) is 1. The summed E-state index contributed by atoms with van der Waals surface area (Å²) in [5.41, 5.74) is 6.52. The van der Waals surface area contributed by atoms with Crippen LogP contribution >= 0.6 is 0 Å². The Labute approximate surface area is 88.6 Å². The lowest BCUT2D eigenvalue weighted by Crippen LogP contribution is -2.31.